The second-order valence-electron chi connectivity index (χ2n) is 7.55. The van der Waals surface area contributed by atoms with Crippen molar-refractivity contribution in [1.29, 1.82) is 0 Å². The number of fused-ring (bicyclic) bond motifs is 1. The first-order valence-corrected chi connectivity index (χ1v) is 10.5. The molecule has 3 N–H and O–H groups in total. The average molecular weight is 444 g/mol. The Morgan fingerprint density at radius 2 is 1.72 bits per heavy atom. The normalized spacial score (nSPS) is 14.2. The molecule has 1 aliphatic rings. The summed E-state index contributed by atoms with van der Waals surface area (Å²) in [6, 6.07) is 8.50. The summed E-state index contributed by atoms with van der Waals surface area (Å²) in [5.41, 5.74) is 1.68. The molecule has 1 fully saturated rings. The van der Waals surface area contributed by atoms with E-state index in [0.29, 0.717) is 12.3 Å². The number of benzene rings is 1. The van der Waals surface area contributed by atoms with Crippen molar-refractivity contribution < 1.29 is 9.21 Å². The molecule has 7 heteroatoms. The number of nitrogens with one attached hydrogen (secondary N) is 3. The van der Waals surface area contributed by atoms with E-state index in [2.05, 4.69) is 16.0 Å². The van der Waals surface area contributed by atoms with Crippen LogP contribution in [0.5, 0.6) is 0 Å². The second kappa shape index (κ2) is 13.9. The van der Waals surface area contributed by atoms with Crippen LogP contribution in [0.2, 0.25) is 0 Å². The highest BCUT2D eigenvalue weighted by Gasteiger charge is 2.16. The molecule has 1 aliphatic carbocycles. The predicted octanol–water partition coefficient (Wildman–Crippen LogP) is 4.61. The maximum atomic E-state index is 12.3. The van der Waals surface area contributed by atoms with Crippen LogP contribution in [0.25, 0.3) is 11.0 Å². The van der Waals surface area contributed by atoms with Gasteiger partial charge in [0.15, 0.2) is 5.76 Å². The van der Waals surface area contributed by atoms with E-state index in [-0.39, 0.29) is 30.7 Å². The largest absolute Gasteiger partial charge is 0.451 e. The molecule has 0 unspecified atom stereocenters. The first-order valence-electron chi connectivity index (χ1n) is 10.5. The van der Waals surface area contributed by atoms with Gasteiger partial charge in [-0.05, 0) is 45.2 Å². The van der Waals surface area contributed by atoms with Crippen molar-refractivity contribution in [2.45, 2.75) is 57.9 Å². The van der Waals surface area contributed by atoms with Crippen molar-refractivity contribution in [3.63, 3.8) is 0 Å². The maximum absolute atomic E-state index is 12.3. The minimum atomic E-state index is -0.117. The number of carbonyl (C=O) groups is 1. The van der Waals surface area contributed by atoms with Crippen LogP contribution in [-0.4, -0.2) is 38.1 Å². The Morgan fingerprint density at radius 3 is 2.48 bits per heavy atom. The highest BCUT2D eigenvalue weighted by Crippen LogP contribution is 2.24. The Bertz CT molecular complexity index is 730. The summed E-state index contributed by atoms with van der Waals surface area (Å²) in [4.78, 5) is 12.3. The molecule has 1 amide bonds. The van der Waals surface area contributed by atoms with E-state index < -0.39 is 0 Å². The zero-order chi connectivity index (χ0) is 18.9. The lowest BCUT2D eigenvalue weighted by Crippen LogP contribution is -2.36. The number of aryl methyl sites for hydroxylation is 1. The highest BCUT2D eigenvalue weighted by atomic mass is 35.5. The fourth-order valence-electron chi connectivity index (χ4n) is 3.84. The van der Waals surface area contributed by atoms with Crippen molar-refractivity contribution in [3.05, 3.63) is 35.6 Å². The van der Waals surface area contributed by atoms with Gasteiger partial charge < -0.3 is 20.4 Å². The first kappa shape index (κ1) is 25.8. The van der Waals surface area contributed by atoms with E-state index in [4.69, 9.17) is 4.42 Å². The molecule has 1 aromatic heterocycles. The van der Waals surface area contributed by atoms with E-state index in [1.165, 1.54) is 32.1 Å². The van der Waals surface area contributed by atoms with Crippen LogP contribution in [0.3, 0.4) is 0 Å². The van der Waals surface area contributed by atoms with Crippen LogP contribution in [0.15, 0.2) is 28.7 Å². The van der Waals surface area contributed by atoms with Crippen molar-refractivity contribution in [1.82, 2.24) is 16.0 Å². The van der Waals surface area contributed by atoms with E-state index in [1.54, 1.807) is 0 Å². The third-order valence-electron chi connectivity index (χ3n) is 5.46. The zero-order valence-corrected chi connectivity index (χ0v) is 18.9. The van der Waals surface area contributed by atoms with Crippen LogP contribution in [0, 0.1) is 6.92 Å². The molecule has 0 atom stereocenters. The van der Waals surface area contributed by atoms with Gasteiger partial charge in [0.05, 0.1) is 0 Å². The predicted molar refractivity (Wildman–Crippen MR) is 125 cm³/mol. The standard InChI is InChI=1S/C22H33N3O2.2ClH/c1-17-19-11-5-6-12-20(19)27-21(17)22(26)25-14-8-7-13-23-15-16-24-18-9-3-2-4-10-18;;/h5-6,11-12,18,23-24H,2-4,7-10,13-16H2,1H3,(H,25,26);2*1H. The molecule has 0 aliphatic heterocycles. The summed E-state index contributed by atoms with van der Waals surface area (Å²) in [6.07, 6.45) is 8.86. The smallest absolute Gasteiger partial charge is 0.287 e. The fraction of sp³-hybridized carbons (Fsp3) is 0.591. The molecular weight excluding hydrogens is 409 g/mol. The van der Waals surface area contributed by atoms with Gasteiger partial charge >= 0.3 is 0 Å². The molecule has 2 aromatic rings. The Labute approximate surface area is 186 Å². The Morgan fingerprint density at radius 1 is 1.00 bits per heavy atom. The molecule has 3 rings (SSSR count). The molecular formula is C22H35Cl2N3O2. The highest BCUT2D eigenvalue weighted by molar-refractivity contribution is 5.98. The summed E-state index contributed by atoms with van der Waals surface area (Å²) in [5.74, 6) is 0.316. The van der Waals surface area contributed by atoms with Gasteiger partial charge in [0.1, 0.15) is 5.58 Å². The molecule has 5 nitrogen and oxygen atoms in total. The molecule has 29 heavy (non-hydrogen) atoms. The number of hydrogen-bond acceptors (Lipinski definition) is 4. The van der Waals surface area contributed by atoms with Crippen molar-refractivity contribution in [2.24, 2.45) is 0 Å². The van der Waals surface area contributed by atoms with E-state index in [1.807, 2.05) is 31.2 Å². The van der Waals surface area contributed by atoms with Gasteiger partial charge in [-0.2, -0.15) is 0 Å². The minimum absolute atomic E-state index is 0. The fourth-order valence-corrected chi connectivity index (χ4v) is 3.84. The lowest BCUT2D eigenvalue weighted by Gasteiger charge is -2.22. The lowest BCUT2D eigenvalue weighted by atomic mass is 9.95. The minimum Gasteiger partial charge on any atom is -0.451 e. The molecule has 1 saturated carbocycles. The monoisotopic (exact) mass is 443 g/mol. The summed E-state index contributed by atoms with van der Waals surface area (Å²) in [5, 5.41) is 11.1. The Balaban J connectivity index is 0.00000210. The van der Waals surface area contributed by atoms with Crippen LogP contribution in [0.4, 0.5) is 0 Å². The van der Waals surface area contributed by atoms with Crippen molar-refractivity contribution in [2.75, 3.05) is 26.2 Å². The molecule has 1 heterocycles. The molecule has 164 valence electrons. The van der Waals surface area contributed by atoms with Gasteiger partial charge in [-0.3, -0.25) is 4.79 Å². The Hall–Kier alpha value is -1.27. The third-order valence-corrected chi connectivity index (χ3v) is 5.46. The van der Waals surface area contributed by atoms with Gasteiger partial charge in [-0.1, -0.05) is 37.5 Å². The number of para-hydroxylation sites is 1. The molecule has 0 spiro atoms. The summed E-state index contributed by atoms with van der Waals surface area (Å²) >= 11 is 0. The van der Waals surface area contributed by atoms with Crippen LogP contribution < -0.4 is 16.0 Å². The van der Waals surface area contributed by atoms with E-state index in [0.717, 1.165) is 55.1 Å². The van der Waals surface area contributed by atoms with Crippen LogP contribution >= 0.6 is 24.8 Å². The van der Waals surface area contributed by atoms with Gasteiger partial charge in [-0.15, -0.1) is 24.8 Å². The SMILES string of the molecule is Cc1c(C(=O)NCCCCNCCNC2CCCCC2)oc2ccccc12.Cl.Cl. The van der Waals surface area contributed by atoms with Crippen LogP contribution in [-0.2, 0) is 0 Å². The number of amides is 1. The summed E-state index contributed by atoms with van der Waals surface area (Å²) < 4.78 is 5.70. The maximum Gasteiger partial charge on any atom is 0.287 e. The van der Waals surface area contributed by atoms with Crippen LogP contribution in [0.1, 0.15) is 61.1 Å². The molecule has 1 aromatic carbocycles. The molecule has 0 bridgehead atoms. The number of hydrogen-bond donors (Lipinski definition) is 3. The van der Waals surface area contributed by atoms with E-state index in [9.17, 15) is 4.79 Å². The number of rotatable bonds is 10. The Kier molecular flexibility index (Phi) is 12.3. The van der Waals surface area contributed by atoms with E-state index >= 15 is 0 Å². The number of furan rings is 1. The molecule has 0 radical (unpaired) electrons. The quantitative estimate of drug-likeness (QED) is 0.469. The summed E-state index contributed by atoms with van der Waals surface area (Å²) in [6.45, 7) is 5.67. The first-order chi connectivity index (χ1) is 13.3. The van der Waals surface area contributed by atoms with Gasteiger partial charge in [0, 0.05) is 36.6 Å². The van der Waals surface area contributed by atoms with Crippen molar-refractivity contribution in [3.8, 4) is 0 Å². The second-order valence-corrected chi connectivity index (χ2v) is 7.55. The van der Waals surface area contributed by atoms with Gasteiger partial charge in [-0.25, -0.2) is 0 Å². The van der Waals surface area contributed by atoms with Gasteiger partial charge in [0.2, 0.25) is 0 Å². The number of halogens is 2. The topological polar surface area (TPSA) is 66.3 Å². The molecule has 0 saturated heterocycles. The zero-order valence-electron chi connectivity index (χ0n) is 17.3. The van der Waals surface area contributed by atoms with Crippen molar-refractivity contribution >= 4 is 41.7 Å². The third kappa shape index (κ3) is 7.82. The lowest BCUT2D eigenvalue weighted by molar-refractivity contribution is 0.0926. The van der Waals surface area contributed by atoms with Gasteiger partial charge in [0.25, 0.3) is 5.91 Å². The average Bonchev–Trinajstić information content (AvgIpc) is 3.04. The summed E-state index contributed by atoms with van der Waals surface area (Å²) in [7, 11) is 0. The number of unbranched alkanes of at least 4 members (excludes halogenated alkanes) is 1. The number of carbonyl (C=O) groups excluding carboxylic acids is 1.